The van der Waals surface area contributed by atoms with Gasteiger partial charge in [-0.25, -0.2) is 9.78 Å². The van der Waals surface area contributed by atoms with E-state index >= 15 is 0 Å². The Morgan fingerprint density at radius 3 is 3.04 bits per heavy atom. The number of aromatic nitrogens is 2. The van der Waals surface area contributed by atoms with Crippen LogP contribution in [0.2, 0.25) is 0 Å². The largest absolute Gasteiger partial charge is 0.333 e. The van der Waals surface area contributed by atoms with Crippen LogP contribution in [0.1, 0.15) is 24.8 Å². The van der Waals surface area contributed by atoms with Crippen molar-refractivity contribution in [3.8, 4) is 0 Å². The summed E-state index contributed by atoms with van der Waals surface area (Å²) < 4.78 is 2.00. The van der Waals surface area contributed by atoms with E-state index in [1.165, 1.54) is 6.42 Å². The molecule has 6 nitrogen and oxygen atoms in total. The average molecular weight is 325 g/mol. The van der Waals surface area contributed by atoms with Crippen LogP contribution in [0.4, 0.5) is 10.5 Å². The van der Waals surface area contributed by atoms with Crippen LogP contribution in [0.3, 0.4) is 0 Å². The van der Waals surface area contributed by atoms with Crippen LogP contribution in [0, 0.1) is 5.92 Å². The second kappa shape index (κ2) is 5.94. The molecule has 1 aliphatic heterocycles. The molecule has 3 N–H and O–H groups in total. The minimum absolute atomic E-state index is 0.0255. The van der Waals surface area contributed by atoms with E-state index in [0.29, 0.717) is 12.5 Å². The molecule has 1 aliphatic carbocycles. The number of likely N-dealkylation sites (tertiary alicyclic amines) is 1. The number of nitrogens with two attached hydrogens (primary N) is 1. The molecule has 6 heteroatoms. The predicted octanol–water partition coefficient (Wildman–Crippen LogP) is 2.28. The molecule has 24 heavy (non-hydrogen) atoms. The Balaban J connectivity index is 1.46. The highest BCUT2D eigenvalue weighted by atomic mass is 16.2. The maximum absolute atomic E-state index is 12.7. The first kappa shape index (κ1) is 15.2. The summed E-state index contributed by atoms with van der Waals surface area (Å²) in [5, 5.41) is 3.05. The molecule has 4 rings (SSSR count). The molecule has 0 radical (unpaired) electrons. The number of urea groups is 1. The number of imidazole rings is 1. The van der Waals surface area contributed by atoms with Gasteiger partial charge in [-0.15, -0.1) is 0 Å². The topological polar surface area (TPSA) is 76.2 Å². The van der Waals surface area contributed by atoms with Crippen molar-refractivity contribution in [2.75, 3.05) is 18.4 Å². The zero-order valence-corrected chi connectivity index (χ0v) is 13.7. The molecule has 1 aromatic carbocycles. The summed E-state index contributed by atoms with van der Waals surface area (Å²) in [6.07, 6.45) is 8.78. The van der Waals surface area contributed by atoms with Crippen molar-refractivity contribution in [3.63, 3.8) is 0 Å². The van der Waals surface area contributed by atoms with Gasteiger partial charge < -0.3 is 20.5 Å². The van der Waals surface area contributed by atoms with Crippen LogP contribution in [0.25, 0.3) is 0 Å². The maximum atomic E-state index is 12.7. The van der Waals surface area contributed by atoms with E-state index in [4.69, 9.17) is 5.73 Å². The Labute approximate surface area is 141 Å². The van der Waals surface area contributed by atoms with E-state index in [-0.39, 0.29) is 11.6 Å². The summed E-state index contributed by atoms with van der Waals surface area (Å²) in [6, 6.07) is 7.94. The number of amides is 2. The van der Waals surface area contributed by atoms with Crippen molar-refractivity contribution in [1.82, 2.24) is 14.5 Å². The van der Waals surface area contributed by atoms with E-state index in [1.807, 2.05) is 33.9 Å². The fraction of sp³-hybridized carbons (Fsp3) is 0.444. The number of rotatable bonds is 4. The Morgan fingerprint density at radius 1 is 1.42 bits per heavy atom. The second-order valence-corrected chi connectivity index (χ2v) is 6.85. The first-order chi connectivity index (χ1) is 11.7. The van der Waals surface area contributed by atoms with Gasteiger partial charge in [-0.3, -0.25) is 0 Å². The molecule has 2 aliphatic rings. The first-order valence-electron chi connectivity index (χ1n) is 8.55. The van der Waals surface area contributed by atoms with Gasteiger partial charge in [0.15, 0.2) is 0 Å². The fourth-order valence-corrected chi connectivity index (χ4v) is 4.17. The van der Waals surface area contributed by atoms with E-state index in [9.17, 15) is 4.79 Å². The van der Waals surface area contributed by atoms with Gasteiger partial charge in [0.25, 0.3) is 0 Å². The monoisotopic (exact) mass is 325 g/mol. The molecule has 0 bridgehead atoms. The standard InChI is InChI=1S/C18H23N5O/c19-12-18-6-4-15(18)5-8-23(18)17(24)21-16-3-1-2-14(10-16)11-22-9-7-20-13-22/h1-3,7,9-10,13,15H,4-6,8,11-12,19H2,(H,21,24). The lowest BCUT2D eigenvalue weighted by Gasteiger charge is -2.49. The van der Waals surface area contributed by atoms with Crippen LogP contribution in [0.15, 0.2) is 43.0 Å². The fourth-order valence-electron chi connectivity index (χ4n) is 4.17. The van der Waals surface area contributed by atoms with E-state index in [0.717, 1.165) is 37.2 Å². The lowest BCUT2D eigenvalue weighted by Crippen LogP contribution is -2.61. The lowest BCUT2D eigenvalue weighted by atomic mass is 9.67. The Bertz CT molecular complexity index is 725. The summed E-state index contributed by atoms with van der Waals surface area (Å²) in [5.41, 5.74) is 7.86. The third kappa shape index (κ3) is 2.47. The number of carbonyl (C=O) groups is 1. The van der Waals surface area contributed by atoms with Crippen LogP contribution in [-0.2, 0) is 6.54 Å². The van der Waals surface area contributed by atoms with Crippen molar-refractivity contribution in [2.24, 2.45) is 11.7 Å². The second-order valence-electron chi connectivity index (χ2n) is 6.85. The molecular weight excluding hydrogens is 302 g/mol. The molecule has 1 saturated heterocycles. The van der Waals surface area contributed by atoms with Gasteiger partial charge in [0.1, 0.15) is 0 Å². The summed E-state index contributed by atoms with van der Waals surface area (Å²) in [4.78, 5) is 18.8. The molecule has 1 aromatic heterocycles. The summed E-state index contributed by atoms with van der Waals surface area (Å²) in [7, 11) is 0. The number of hydrogen-bond donors (Lipinski definition) is 2. The third-order valence-electron chi connectivity index (χ3n) is 5.63. The van der Waals surface area contributed by atoms with Gasteiger partial charge in [0, 0.05) is 37.7 Å². The number of anilines is 1. The quantitative estimate of drug-likeness (QED) is 0.905. The molecule has 2 fully saturated rings. The van der Waals surface area contributed by atoms with Crippen LogP contribution in [-0.4, -0.2) is 39.1 Å². The van der Waals surface area contributed by atoms with Crippen molar-refractivity contribution in [2.45, 2.75) is 31.3 Å². The van der Waals surface area contributed by atoms with Gasteiger partial charge >= 0.3 is 6.03 Å². The van der Waals surface area contributed by atoms with Gasteiger partial charge in [0.2, 0.25) is 0 Å². The molecule has 2 unspecified atom stereocenters. The Hall–Kier alpha value is -2.34. The van der Waals surface area contributed by atoms with Crippen molar-refractivity contribution >= 4 is 11.7 Å². The third-order valence-corrected chi connectivity index (χ3v) is 5.63. The van der Waals surface area contributed by atoms with Crippen LogP contribution >= 0.6 is 0 Å². The highest BCUT2D eigenvalue weighted by Crippen LogP contribution is 2.49. The molecule has 2 amide bonds. The molecule has 2 atom stereocenters. The number of carbonyl (C=O) groups excluding carboxylic acids is 1. The number of hydrogen-bond acceptors (Lipinski definition) is 3. The summed E-state index contributed by atoms with van der Waals surface area (Å²) in [5.74, 6) is 0.584. The maximum Gasteiger partial charge on any atom is 0.322 e. The minimum atomic E-state index is -0.0987. The van der Waals surface area contributed by atoms with Gasteiger partial charge in [-0.2, -0.15) is 0 Å². The normalized spacial score (nSPS) is 25.2. The Kier molecular flexibility index (Phi) is 3.76. The van der Waals surface area contributed by atoms with Gasteiger partial charge in [-0.1, -0.05) is 12.1 Å². The number of fused-ring (bicyclic) bond motifs is 1. The summed E-state index contributed by atoms with van der Waals surface area (Å²) >= 11 is 0. The number of nitrogens with zero attached hydrogens (tertiary/aromatic N) is 3. The summed E-state index contributed by atoms with van der Waals surface area (Å²) in [6.45, 7) is 2.11. The van der Waals surface area contributed by atoms with Gasteiger partial charge in [-0.05, 0) is 42.9 Å². The van der Waals surface area contributed by atoms with Crippen LogP contribution in [0.5, 0.6) is 0 Å². The molecule has 2 heterocycles. The highest BCUT2D eigenvalue weighted by molar-refractivity contribution is 5.90. The zero-order chi connectivity index (χ0) is 16.6. The molecular formula is C18H23N5O. The van der Waals surface area contributed by atoms with E-state index < -0.39 is 0 Å². The lowest BCUT2D eigenvalue weighted by molar-refractivity contribution is 0.0557. The number of benzene rings is 1. The van der Waals surface area contributed by atoms with Crippen LogP contribution < -0.4 is 11.1 Å². The zero-order valence-electron chi connectivity index (χ0n) is 13.7. The smallest absolute Gasteiger partial charge is 0.322 e. The Morgan fingerprint density at radius 2 is 2.33 bits per heavy atom. The SMILES string of the molecule is NCC12CCC1CCN2C(=O)Nc1cccc(Cn2ccnc2)c1. The van der Waals surface area contributed by atoms with Crippen molar-refractivity contribution in [1.29, 1.82) is 0 Å². The van der Waals surface area contributed by atoms with Gasteiger partial charge in [0.05, 0.1) is 11.9 Å². The average Bonchev–Trinajstić information content (AvgIpc) is 3.14. The first-order valence-corrected chi connectivity index (χ1v) is 8.55. The molecule has 2 aromatic rings. The van der Waals surface area contributed by atoms with E-state index in [1.54, 1.807) is 12.5 Å². The number of nitrogens with one attached hydrogen (secondary N) is 1. The van der Waals surface area contributed by atoms with Crippen molar-refractivity contribution < 1.29 is 4.79 Å². The molecule has 1 saturated carbocycles. The highest BCUT2D eigenvalue weighted by Gasteiger charge is 2.55. The predicted molar refractivity (Wildman–Crippen MR) is 92.6 cm³/mol. The van der Waals surface area contributed by atoms with Crippen molar-refractivity contribution in [3.05, 3.63) is 48.5 Å². The van der Waals surface area contributed by atoms with E-state index in [2.05, 4.69) is 16.4 Å². The minimum Gasteiger partial charge on any atom is -0.333 e. The molecule has 0 spiro atoms. The molecule has 126 valence electrons.